The van der Waals surface area contributed by atoms with Crippen molar-refractivity contribution in [2.75, 3.05) is 0 Å². The van der Waals surface area contributed by atoms with Crippen LogP contribution in [0.1, 0.15) is 31.1 Å². The second-order valence-electron chi connectivity index (χ2n) is 5.47. The van der Waals surface area contributed by atoms with Crippen LogP contribution in [-0.2, 0) is 4.74 Å². The molecular formula is C15H15NO4. The molecule has 2 aromatic rings. The molecule has 0 bridgehead atoms. The van der Waals surface area contributed by atoms with E-state index < -0.39 is 16.5 Å². The Labute approximate surface area is 116 Å². The summed E-state index contributed by atoms with van der Waals surface area (Å²) in [6, 6.07) is 9.48. The van der Waals surface area contributed by atoms with E-state index in [2.05, 4.69) is 0 Å². The van der Waals surface area contributed by atoms with Gasteiger partial charge >= 0.3 is 5.97 Å². The number of nitro groups is 1. The summed E-state index contributed by atoms with van der Waals surface area (Å²) in [5.41, 5.74) is -0.175. The standard InChI is InChI=1S/C15H15NO4/c1-15(2,3)20-14(17)13-6-4-5-10-9-11(16(18)19)7-8-12(10)13/h4-9H,1-3H3. The summed E-state index contributed by atoms with van der Waals surface area (Å²) in [6.07, 6.45) is 0. The number of nitrogens with zero attached hydrogens (tertiary/aromatic N) is 1. The Morgan fingerprint density at radius 1 is 1.20 bits per heavy atom. The fourth-order valence-electron chi connectivity index (χ4n) is 1.90. The number of ether oxygens (including phenoxy) is 1. The van der Waals surface area contributed by atoms with E-state index >= 15 is 0 Å². The fraction of sp³-hybridized carbons (Fsp3) is 0.267. The first-order chi connectivity index (χ1) is 9.28. The molecule has 20 heavy (non-hydrogen) atoms. The summed E-state index contributed by atoms with van der Waals surface area (Å²) < 4.78 is 5.34. The number of esters is 1. The minimum absolute atomic E-state index is 0.00108. The quantitative estimate of drug-likeness (QED) is 0.475. The summed E-state index contributed by atoms with van der Waals surface area (Å²) in [5.74, 6) is -0.433. The molecule has 0 aromatic heterocycles. The van der Waals surface area contributed by atoms with Crippen LogP contribution in [0, 0.1) is 10.1 Å². The van der Waals surface area contributed by atoms with Gasteiger partial charge in [-0.25, -0.2) is 4.79 Å². The third-order valence-corrected chi connectivity index (χ3v) is 2.69. The molecule has 104 valence electrons. The third kappa shape index (κ3) is 2.93. The number of nitro benzene ring substituents is 1. The molecule has 0 fully saturated rings. The lowest BCUT2D eigenvalue weighted by Gasteiger charge is -2.20. The molecule has 0 saturated carbocycles. The average molecular weight is 273 g/mol. The highest BCUT2D eigenvalue weighted by Gasteiger charge is 2.20. The molecule has 0 atom stereocenters. The fourth-order valence-corrected chi connectivity index (χ4v) is 1.90. The maximum atomic E-state index is 12.1. The molecule has 5 heteroatoms. The van der Waals surface area contributed by atoms with Crippen LogP contribution in [0.4, 0.5) is 5.69 Å². The largest absolute Gasteiger partial charge is 0.456 e. The molecular weight excluding hydrogens is 258 g/mol. The van der Waals surface area contributed by atoms with E-state index in [-0.39, 0.29) is 5.69 Å². The Balaban J connectivity index is 2.50. The maximum Gasteiger partial charge on any atom is 0.339 e. The Hall–Kier alpha value is -2.43. The van der Waals surface area contributed by atoms with E-state index in [1.54, 1.807) is 45.0 Å². The minimum atomic E-state index is -0.583. The maximum absolute atomic E-state index is 12.1. The predicted molar refractivity (Wildman–Crippen MR) is 75.8 cm³/mol. The first kappa shape index (κ1) is 14.0. The van der Waals surface area contributed by atoms with E-state index in [1.807, 2.05) is 0 Å². The third-order valence-electron chi connectivity index (χ3n) is 2.69. The SMILES string of the molecule is CC(C)(C)OC(=O)c1cccc2cc([N+](=O)[O-])ccc12. The van der Waals surface area contributed by atoms with Crippen LogP contribution in [0.25, 0.3) is 10.8 Å². The minimum Gasteiger partial charge on any atom is -0.456 e. The number of hydrogen-bond donors (Lipinski definition) is 0. The number of carbonyl (C=O) groups is 1. The van der Waals surface area contributed by atoms with Gasteiger partial charge in [0.1, 0.15) is 5.60 Å². The Morgan fingerprint density at radius 3 is 2.50 bits per heavy atom. The number of non-ortho nitro benzene ring substituents is 1. The van der Waals surface area contributed by atoms with Crippen LogP contribution < -0.4 is 0 Å². The van der Waals surface area contributed by atoms with Crippen molar-refractivity contribution in [2.24, 2.45) is 0 Å². The van der Waals surface area contributed by atoms with Crippen LogP contribution in [0.2, 0.25) is 0 Å². The van der Waals surface area contributed by atoms with Gasteiger partial charge in [-0.1, -0.05) is 12.1 Å². The molecule has 0 aliphatic carbocycles. The van der Waals surface area contributed by atoms with Crippen molar-refractivity contribution in [2.45, 2.75) is 26.4 Å². The van der Waals surface area contributed by atoms with Gasteiger partial charge in [-0.15, -0.1) is 0 Å². The Kier molecular flexibility index (Phi) is 3.44. The van der Waals surface area contributed by atoms with Crippen LogP contribution in [0.3, 0.4) is 0 Å². The van der Waals surface area contributed by atoms with Crippen molar-refractivity contribution < 1.29 is 14.5 Å². The lowest BCUT2D eigenvalue weighted by Crippen LogP contribution is -2.24. The zero-order valence-electron chi connectivity index (χ0n) is 11.5. The van der Waals surface area contributed by atoms with Gasteiger partial charge in [0.15, 0.2) is 0 Å². The van der Waals surface area contributed by atoms with Crippen molar-refractivity contribution in [1.82, 2.24) is 0 Å². The Bertz CT molecular complexity index is 686. The molecule has 0 aliphatic heterocycles. The van der Waals surface area contributed by atoms with Crippen LogP contribution >= 0.6 is 0 Å². The van der Waals surface area contributed by atoms with E-state index in [0.717, 1.165) is 0 Å². The lowest BCUT2D eigenvalue weighted by atomic mass is 10.0. The average Bonchev–Trinajstić information content (AvgIpc) is 2.35. The highest BCUT2D eigenvalue weighted by atomic mass is 16.6. The summed E-state index contributed by atoms with van der Waals surface area (Å²) in [5, 5.41) is 12.1. The molecule has 2 aromatic carbocycles. The summed E-state index contributed by atoms with van der Waals surface area (Å²) in [6.45, 7) is 5.38. The molecule has 2 rings (SSSR count). The highest BCUT2D eigenvalue weighted by molar-refractivity contribution is 6.05. The first-order valence-corrected chi connectivity index (χ1v) is 6.18. The second-order valence-corrected chi connectivity index (χ2v) is 5.47. The highest BCUT2D eigenvalue weighted by Crippen LogP contribution is 2.25. The topological polar surface area (TPSA) is 69.4 Å². The summed E-state index contributed by atoms with van der Waals surface area (Å²) in [7, 11) is 0. The molecule has 0 spiro atoms. The zero-order valence-corrected chi connectivity index (χ0v) is 11.5. The van der Waals surface area contributed by atoms with Gasteiger partial charge in [0.2, 0.25) is 0 Å². The molecule has 0 N–H and O–H groups in total. The molecule has 0 radical (unpaired) electrons. The lowest BCUT2D eigenvalue weighted by molar-refractivity contribution is -0.384. The predicted octanol–water partition coefficient (Wildman–Crippen LogP) is 3.70. The number of benzene rings is 2. The van der Waals surface area contributed by atoms with Gasteiger partial charge in [-0.2, -0.15) is 0 Å². The number of hydrogen-bond acceptors (Lipinski definition) is 4. The van der Waals surface area contributed by atoms with Gasteiger partial charge in [-0.3, -0.25) is 10.1 Å². The van der Waals surface area contributed by atoms with Crippen molar-refractivity contribution in [3.8, 4) is 0 Å². The summed E-state index contributed by atoms with van der Waals surface area (Å²) >= 11 is 0. The van der Waals surface area contributed by atoms with Gasteiger partial charge in [-0.05, 0) is 43.7 Å². The van der Waals surface area contributed by atoms with Crippen LogP contribution in [0.5, 0.6) is 0 Å². The van der Waals surface area contributed by atoms with Crippen molar-refractivity contribution in [3.05, 3.63) is 52.1 Å². The number of fused-ring (bicyclic) bond motifs is 1. The van der Waals surface area contributed by atoms with E-state index in [4.69, 9.17) is 4.74 Å². The van der Waals surface area contributed by atoms with Gasteiger partial charge in [0.05, 0.1) is 10.5 Å². The van der Waals surface area contributed by atoms with Gasteiger partial charge < -0.3 is 4.74 Å². The molecule has 0 heterocycles. The van der Waals surface area contributed by atoms with Crippen LogP contribution in [-0.4, -0.2) is 16.5 Å². The Morgan fingerprint density at radius 2 is 1.90 bits per heavy atom. The molecule has 0 saturated heterocycles. The van der Waals surface area contributed by atoms with Crippen molar-refractivity contribution in [1.29, 1.82) is 0 Å². The normalized spacial score (nSPS) is 11.3. The smallest absolute Gasteiger partial charge is 0.339 e. The van der Waals surface area contributed by atoms with Crippen molar-refractivity contribution in [3.63, 3.8) is 0 Å². The molecule has 0 amide bonds. The first-order valence-electron chi connectivity index (χ1n) is 6.18. The summed E-state index contributed by atoms with van der Waals surface area (Å²) in [4.78, 5) is 22.4. The van der Waals surface area contributed by atoms with Crippen LogP contribution in [0.15, 0.2) is 36.4 Å². The van der Waals surface area contributed by atoms with Gasteiger partial charge in [0, 0.05) is 12.1 Å². The van der Waals surface area contributed by atoms with Gasteiger partial charge in [0.25, 0.3) is 5.69 Å². The van der Waals surface area contributed by atoms with E-state index in [1.165, 1.54) is 12.1 Å². The number of carbonyl (C=O) groups excluding carboxylic acids is 1. The number of rotatable bonds is 2. The zero-order chi connectivity index (χ0) is 14.9. The second kappa shape index (κ2) is 4.92. The molecule has 0 aliphatic rings. The monoisotopic (exact) mass is 273 g/mol. The van der Waals surface area contributed by atoms with E-state index in [0.29, 0.717) is 16.3 Å². The van der Waals surface area contributed by atoms with Crippen molar-refractivity contribution >= 4 is 22.4 Å². The molecule has 0 unspecified atom stereocenters. The molecule has 5 nitrogen and oxygen atoms in total. The van der Waals surface area contributed by atoms with E-state index in [9.17, 15) is 14.9 Å².